The largest absolute Gasteiger partial charge is 0.507 e. The van der Waals surface area contributed by atoms with Crippen LogP contribution in [0, 0.1) is 5.92 Å². The molecule has 0 radical (unpaired) electrons. The Morgan fingerprint density at radius 3 is 2.96 bits per heavy atom. The fourth-order valence-corrected chi connectivity index (χ4v) is 3.48. The van der Waals surface area contributed by atoms with Gasteiger partial charge in [0.25, 0.3) is 0 Å². The van der Waals surface area contributed by atoms with E-state index in [-0.39, 0.29) is 11.3 Å². The summed E-state index contributed by atoms with van der Waals surface area (Å²) in [6.45, 7) is 0.493. The Hall–Kier alpha value is -2.56. The average Bonchev–Trinajstić information content (AvgIpc) is 3.08. The van der Waals surface area contributed by atoms with Gasteiger partial charge >= 0.3 is 0 Å². The first-order chi connectivity index (χ1) is 11.7. The topological polar surface area (TPSA) is 68.7 Å². The normalized spacial score (nSPS) is 19.9. The molecule has 2 aromatic rings. The van der Waals surface area contributed by atoms with E-state index >= 15 is 0 Å². The van der Waals surface area contributed by atoms with Gasteiger partial charge in [-0.2, -0.15) is 0 Å². The minimum Gasteiger partial charge on any atom is -0.507 e. The summed E-state index contributed by atoms with van der Waals surface area (Å²) in [7, 11) is 1.63. The summed E-state index contributed by atoms with van der Waals surface area (Å²) in [5.41, 5.74) is 1.31. The molecule has 0 aliphatic heterocycles. The van der Waals surface area contributed by atoms with E-state index in [1.165, 1.54) is 6.07 Å². The lowest BCUT2D eigenvalue weighted by atomic mass is 9.90. The first-order valence-electron chi connectivity index (χ1n) is 8.13. The van der Waals surface area contributed by atoms with Gasteiger partial charge in [-0.3, -0.25) is 4.79 Å². The number of aromatic nitrogens is 1. The maximum atomic E-state index is 11.1. The zero-order valence-corrected chi connectivity index (χ0v) is 13.6. The number of pyridine rings is 1. The summed E-state index contributed by atoms with van der Waals surface area (Å²) in [5, 5.41) is 9.75. The molecule has 0 spiro atoms. The molecule has 5 nitrogen and oxygen atoms in total. The van der Waals surface area contributed by atoms with Crippen molar-refractivity contribution in [1.29, 1.82) is 0 Å². The Labute approximate surface area is 141 Å². The van der Waals surface area contributed by atoms with Crippen molar-refractivity contribution in [3.8, 4) is 17.4 Å². The van der Waals surface area contributed by atoms with Gasteiger partial charge in [0.05, 0.1) is 19.3 Å². The predicted octanol–water partition coefficient (Wildman–Crippen LogP) is 3.57. The van der Waals surface area contributed by atoms with Gasteiger partial charge in [-0.15, -0.1) is 0 Å². The van der Waals surface area contributed by atoms with Crippen LogP contribution in [0.5, 0.6) is 17.4 Å². The number of benzene rings is 1. The minimum atomic E-state index is -0.0561. The predicted molar refractivity (Wildman–Crippen MR) is 89.9 cm³/mol. The van der Waals surface area contributed by atoms with Gasteiger partial charge < -0.3 is 14.6 Å². The van der Waals surface area contributed by atoms with E-state index in [1.54, 1.807) is 25.4 Å². The number of aldehydes is 1. The number of phenolic OH excluding ortho intramolecular Hbond substituents is 1. The highest BCUT2D eigenvalue weighted by atomic mass is 16.5. The van der Waals surface area contributed by atoms with Gasteiger partial charge in [0.1, 0.15) is 11.5 Å². The van der Waals surface area contributed by atoms with Crippen LogP contribution < -0.4 is 9.47 Å². The fourth-order valence-electron chi connectivity index (χ4n) is 3.48. The number of phenols is 1. The standard InChI is InChI=1S/C19H21NO4/c1-23-19-15(7-4-10-20-19)14-6-2-5-13(14)12-24-18-9-3-8-17(22)16(18)11-21/h3-4,7-11,13-14,22H,2,5-6,12H2,1H3. The van der Waals surface area contributed by atoms with Crippen LogP contribution in [0.1, 0.15) is 41.1 Å². The van der Waals surface area contributed by atoms with Crippen LogP contribution in [0.3, 0.4) is 0 Å². The first kappa shape index (κ1) is 16.3. The molecule has 1 saturated carbocycles. The molecule has 1 heterocycles. The fraction of sp³-hybridized carbons (Fsp3) is 0.368. The third-order valence-electron chi connectivity index (χ3n) is 4.67. The quantitative estimate of drug-likeness (QED) is 0.822. The smallest absolute Gasteiger partial charge is 0.216 e. The number of hydrogen-bond acceptors (Lipinski definition) is 5. The lowest BCUT2D eigenvalue weighted by Crippen LogP contribution is -2.17. The summed E-state index contributed by atoms with van der Waals surface area (Å²) >= 11 is 0. The SMILES string of the molecule is COc1ncccc1C1CCCC1COc1cccc(O)c1C=O. The zero-order chi connectivity index (χ0) is 16.9. The van der Waals surface area contributed by atoms with Crippen LogP contribution >= 0.6 is 0 Å². The third kappa shape index (κ3) is 3.20. The number of carbonyl (C=O) groups excluding carboxylic acids is 1. The highest BCUT2D eigenvalue weighted by molar-refractivity contribution is 5.83. The lowest BCUT2D eigenvalue weighted by molar-refractivity contribution is 0.111. The van der Waals surface area contributed by atoms with E-state index in [9.17, 15) is 9.90 Å². The highest BCUT2D eigenvalue weighted by Gasteiger charge is 2.31. The van der Waals surface area contributed by atoms with E-state index in [1.807, 2.05) is 6.07 Å². The molecule has 126 valence electrons. The van der Waals surface area contributed by atoms with Crippen LogP contribution in [-0.2, 0) is 0 Å². The molecule has 1 N–H and O–H groups in total. The Balaban J connectivity index is 1.75. The van der Waals surface area contributed by atoms with Crippen LogP contribution in [0.2, 0.25) is 0 Å². The van der Waals surface area contributed by atoms with Crippen molar-refractivity contribution in [1.82, 2.24) is 4.98 Å². The lowest BCUT2D eigenvalue weighted by Gasteiger charge is -2.22. The van der Waals surface area contributed by atoms with Crippen molar-refractivity contribution in [2.75, 3.05) is 13.7 Å². The van der Waals surface area contributed by atoms with Crippen LogP contribution in [-0.4, -0.2) is 30.1 Å². The molecule has 0 amide bonds. The molecule has 1 fully saturated rings. The average molecular weight is 327 g/mol. The van der Waals surface area contributed by atoms with Gasteiger partial charge in [0.15, 0.2) is 6.29 Å². The van der Waals surface area contributed by atoms with Gasteiger partial charge in [-0.25, -0.2) is 4.98 Å². The second-order valence-electron chi connectivity index (χ2n) is 6.02. The summed E-state index contributed by atoms with van der Waals surface area (Å²) in [6.07, 6.45) is 5.60. The molecule has 2 atom stereocenters. The second kappa shape index (κ2) is 7.34. The number of aromatic hydroxyl groups is 1. The molecule has 24 heavy (non-hydrogen) atoms. The van der Waals surface area contributed by atoms with Gasteiger partial charge in [-0.05, 0) is 37.0 Å². The van der Waals surface area contributed by atoms with Crippen LogP contribution in [0.4, 0.5) is 0 Å². The molecule has 1 aliphatic carbocycles. The summed E-state index contributed by atoms with van der Waals surface area (Å²) in [4.78, 5) is 15.4. The molecule has 1 aromatic carbocycles. The van der Waals surface area contributed by atoms with E-state index in [2.05, 4.69) is 11.1 Å². The number of nitrogens with zero attached hydrogens (tertiary/aromatic N) is 1. The van der Waals surface area contributed by atoms with Crippen molar-refractivity contribution < 1.29 is 19.4 Å². The number of methoxy groups -OCH3 is 1. The van der Waals surface area contributed by atoms with Crippen molar-refractivity contribution in [2.24, 2.45) is 5.92 Å². The monoisotopic (exact) mass is 327 g/mol. The van der Waals surface area contributed by atoms with E-state index < -0.39 is 0 Å². The van der Waals surface area contributed by atoms with Crippen LogP contribution in [0.15, 0.2) is 36.5 Å². The Morgan fingerprint density at radius 1 is 1.29 bits per heavy atom. The number of ether oxygens (including phenoxy) is 2. The van der Waals surface area contributed by atoms with Crippen molar-refractivity contribution in [3.63, 3.8) is 0 Å². The molecule has 5 heteroatoms. The Bertz CT molecular complexity index is 716. The summed E-state index contributed by atoms with van der Waals surface area (Å²) in [5.74, 6) is 1.68. The van der Waals surface area contributed by atoms with E-state index in [0.717, 1.165) is 24.8 Å². The maximum absolute atomic E-state index is 11.1. The van der Waals surface area contributed by atoms with Gasteiger partial charge in [0.2, 0.25) is 5.88 Å². The molecule has 0 bridgehead atoms. The molecule has 0 saturated heterocycles. The Kier molecular flexibility index (Phi) is 4.99. The minimum absolute atomic E-state index is 0.0561. The molecule has 2 unspecified atom stereocenters. The maximum Gasteiger partial charge on any atom is 0.216 e. The molecular formula is C19H21NO4. The van der Waals surface area contributed by atoms with E-state index in [0.29, 0.717) is 36.4 Å². The van der Waals surface area contributed by atoms with Crippen molar-refractivity contribution >= 4 is 6.29 Å². The number of hydrogen-bond donors (Lipinski definition) is 1. The number of carbonyl (C=O) groups is 1. The summed E-state index contributed by atoms with van der Waals surface area (Å²) < 4.78 is 11.3. The summed E-state index contributed by atoms with van der Waals surface area (Å²) in [6, 6.07) is 8.84. The molecule has 3 rings (SSSR count). The van der Waals surface area contributed by atoms with Crippen molar-refractivity contribution in [2.45, 2.75) is 25.2 Å². The van der Waals surface area contributed by atoms with Crippen LogP contribution in [0.25, 0.3) is 0 Å². The third-order valence-corrected chi connectivity index (χ3v) is 4.67. The highest BCUT2D eigenvalue weighted by Crippen LogP contribution is 2.42. The molecule has 1 aliphatic rings. The molecule has 1 aromatic heterocycles. The van der Waals surface area contributed by atoms with Gasteiger partial charge in [-0.1, -0.05) is 18.6 Å². The second-order valence-corrected chi connectivity index (χ2v) is 6.02. The zero-order valence-electron chi connectivity index (χ0n) is 13.6. The van der Waals surface area contributed by atoms with Gasteiger partial charge in [0, 0.05) is 17.7 Å². The number of rotatable bonds is 6. The Morgan fingerprint density at radius 2 is 2.17 bits per heavy atom. The van der Waals surface area contributed by atoms with E-state index in [4.69, 9.17) is 9.47 Å². The molecular weight excluding hydrogens is 306 g/mol. The first-order valence-corrected chi connectivity index (χ1v) is 8.13. The van der Waals surface area contributed by atoms with Crippen molar-refractivity contribution in [3.05, 3.63) is 47.7 Å².